The van der Waals surface area contributed by atoms with Crippen LogP contribution < -0.4 is 11.5 Å². The van der Waals surface area contributed by atoms with E-state index >= 15 is 0 Å². The van der Waals surface area contributed by atoms with E-state index in [4.69, 9.17) is 21.7 Å². The number of aromatic nitrogens is 2. The molecule has 0 amide bonds. The van der Waals surface area contributed by atoms with Crippen LogP contribution >= 0.6 is 0 Å². The molecule has 0 aliphatic heterocycles. The third kappa shape index (κ3) is 1.42. The Balaban J connectivity index is 2.93. The molecule has 6 nitrogen and oxygen atoms in total. The number of hydrogen-bond donors (Lipinski definition) is 4. The zero-order chi connectivity index (χ0) is 9.30. The lowest BCUT2D eigenvalue weighted by Crippen LogP contribution is -2.15. The maximum Gasteiger partial charge on any atom is 0.256 e. The van der Waals surface area contributed by atoms with E-state index in [0.29, 0.717) is 0 Å². The van der Waals surface area contributed by atoms with Gasteiger partial charge in [0.2, 0.25) is 0 Å². The average molecular weight is 172 g/mol. The van der Waals surface area contributed by atoms with Gasteiger partial charge < -0.3 is 21.7 Å². The minimum Gasteiger partial charge on any atom is -0.491 e. The molecule has 0 aliphatic rings. The van der Waals surface area contributed by atoms with E-state index in [1.807, 2.05) is 0 Å². The van der Waals surface area contributed by atoms with Crippen LogP contribution in [-0.4, -0.2) is 26.1 Å². The van der Waals surface area contributed by atoms with Gasteiger partial charge in [-0.3, -0.25) is 0 Å². The van der Waals surface area contributed by atoms with Crippen LogP contribution in [0.5, 0.6) is 5.88 Å². The van der Waals surface area contributed by atoms with Crippen LogP contribution in [0.15, 0.2) is 0 Å². The van der Waals surface area contributed by atoms with E-state index in [1.165, 1.54) is 4.68 Å². The first-order chi connectivity index (χ1) is 5.52. The quantitative estimate of drug-likeness (QED) is 0.463. The molecule has 1 aromatic heterocycles. The number of aliphatic hydroxyl groups excluding tert-OH is 1. The highest BCUT2D eigenvalue weighted by molar-refractivity contribution is 5.64. The fourth-order valence-electron chi connectivity index (χ4n) is 0.865. The van der Waals surface area contributed by atoms with Crippen molar-refractivity contribution in [2.45, 2.75) is 19.6 Å². The normalized spacial score (nSPS) is 13.2. The number of nitrogens with zero attached hydrogens (tertiary/aromatic N) is 2. The van der Waals surface area contributed by atoms with E-state index < -0.39 is 6.10 Å². The summed E-state index contributed by atoms with van der Waals surface area (Å²) < 4.78 is 1.26. The molecule has 1 aromatic rings. The predicted molar refractivity (Wildman–Crippen MR) is 44.4 cm³/mol. The molecule has 6 N–H and O–H groups in total. The molecule has 1 rings (SSSR count). The molecule has 0 saturated carbocycles. The lowest BCUT2D eigenvalue weighted by atomic mass is 10.4. The summed E-state index contributed by atoms with van der Waals surface area (Å²) >= 11 is 0. The van der Waals surface area contributed by atoms with E-state index in [9.17, 15) is 0 Å². The number of nitrogen functional groups attached to an aromatic ring is 2. The molecular weight excluding hydrogens is 160 g/mol. The highest BCUT2D eigenvalue weighted by atomic mass is 16.3. The van der Waals surface area contributed by atoms with Gasteiger partial charge >= 0.3 is 0 Å². The van der Waals surface area contributed by atoms with Crippen molar-refractivity contribution < 1.29 is 10.2 Å². The topological polar surface area (TPSA) is 110 Å². The van der Waals surface area contributed by atoms with Crippen LogP contribution in [0.2, 0.25) is 0 Å². The van der Waals surface area contributed by atoms with Gasteiger partial charge in [0, 0.05) is 0 Å². The van der Waals surface area contributed by atoms with Crippen LogP contribution in [0.25, 0.3) is 0 Å². The molecule has 1 atom stereocenters. The van der Waals surface area contributed by atoms with Gasteiger partial charge in [0.15, 0.2) is 0 Å². The van der Waals surface area contributed by atoms with Crippen molar-refractivity contribution in [3.05, 3.63) is 0 Å². The lowest BCUT2D eigenvalue weighted by molar-refractivity contribution is 0.168. The Morgan fingerprint density at radius 3 is 2.50 bits per heavy atom. The third-order valence-corrected chi connectivity index (χ3v) is 1.45. The maximum absolute atomic E-state index is 9.02. The summed E-state index contributed by atoms with van der Waals surface area (Å²) in [7, 11) is 0. The van der Waals surface area contributed by atoms with Crippen molar-refractivity contribution in [3.8, 4) is 5.88 Å². The number of rotatable bonds is 2. The second-order valence-electron chi connectivity index (χ2n) is 2.65. The van der Waals surface area contributed by atoms with Crippen molar-refractivity contribution in [2.75, 3.05) is 11.5 Å². The lowest BCUT2D eigenvalue weighted by Gasteiger charge is -2.05. The van der Waals surface area contributed by atoms with Crippen LogP contribution in [0, 0.1) is 0 Å². The van der Waals surface area contributed by atoms with Crippen LogP contribution in [0.4, 0.5) is 11.5 Å². The van der Waals surface area contributed by atoms with Crippen molar-refractivity contribution in [1.82, 2.24) is 9.78 Å². The first-order valence-electron chi connectivity index (χ1n) is 3.51. The Labute approximate surface area is 69.4 Å². The molecule has 0 aliphatic carbocycles. The van der Waals surface area contributed by atoms with Crippen LogP contribution in [0.1, 0.15) is 6.92 Å². The Hall–Kier alpha value is -1.43. The van der Waals surface area contributed by atoms with Gasteiger partial charge in [0.25, 0.3) is 5.88 Å². The molecule has 1 unspecified atom stereocenters. The standard InChI is InChI=1S/C6H12N4O2/c1-3(11)2-10-5(8)4(7)6(12)9-10/h3,11H,2,7-8H2,1H3,(H,9,12). The summed E-state index contributed by atoms with van der Waals surface area (Å²) in [5.74, 6) is -0.124. The summed E-state index contributed by atoms with van der Waals surface area (Å²) in [4.78, 5) is 0. The summed E-state index contributed by atoms with van der Waals surface area (Å²) in [6, 6.07) is 0. The fraction of sp³-hybridized carbons (Fsp3) is 0.500. The molecule has 1 heterocycles. The molecule has 0 aromatic carbocycles. The minimum atomic E-state index is -0.578. The van der Waals surface area contributed by atoms with Crippen molar-refractivity contribution in [2.24, 2.45) is 0 Å². The van der Waals surface area contributed by atoms with Gasteiger partial charge in [-0.1, -0.05) is 0 Å². The maximum atomic E-state index is 9.02. The Morgan fingerprint density at radius 1 is 1.58 bits per heavy atom. The fourth-order valence-corrected chi connectivity index (χ4v) is 0.865. The molecule has 0 spiro atoms. The number of anilines is 2. The molecule has 0 saturated heterocycles. The van der Waals surface area contributed by atoms with Gasteiger partial charge in [-0.2, -0.15) is 0 Å². The number of aromatic hydroxyl groups is 1. The zero-order valence-electron chi connectivity index (χ0n) is 6.73. The van der Waals surface area contributed by atoms with Gasteiger partial charge in [-0.05, 0) is 6.92 Å². The largest absolute Gasteiger partial charge is 0.491 e. The van der Waals surface area contributed by atoms with Crippen LogP contribution in [-0.2, 0) is 6.54 Å². The van der Waals surface area contributed by atoms with E-state index in [2.05, 4.69) is 5.10 Å². The monoisotopic (exact) mass is 172 g/mol. The molecule has 0 fully saturated rings. The minimum absolute atomic E-state index is 0.0515. The summed E-state index contributed by atoms with van der Waals surface area (Å²) in [6.07, 6.45) is -0.578. The summed E-state index contributed by atoms with van der Waals surface area (Å²) in [6.45, 7) is 1.81. The van der Waals surface area contributed by atoms with Gasteiger partial charge in [0.05, 0.1) is 12.6 Å². The summed E-state index contributed by atoms with van der Waals surface area (Å²) in [5.41, 5.74) is 10.8. The number of nitrogens with two attached hydrogens (primary N) is 2. The third-order valence-electron chi connectivity index (χ3n) is 1.45. The van der Waals surface area contributed by atoms with E-state index in [-0.39, 0.29) is 23.9 Å². The van der Waals surface area contributed by atoms with Crippen molar-refractivity contribution >= 4 is 11.5 Å². The average Bonchev–Trinajstić information content (AvgIpc) is 2.17. The molecule has 6 heteroatoms. The highest BCUT2D eigenvalue weighted by Crippen LogP contribution is 2.24. The number of aliphatic hydroxyl groups is 1. The molecule has 68 valence electrons. The van der Waals surface area contributed by atoms with Crippen LogP contribution in [0.3, 0.4) is 0 Å². The molecule has 0 bridgehead atoms. The smallest absolute Gasteiger partial charge is 0.256 e. The molecule has 12 heavy (non-hydrogen) atoms. The van der Waals surface area contributed by atoms with Gasteiger partial charge in [-0.25, -0.2) is 4.68 Å². The van der Waals surface area contributed by atoms with E-state index in [0.717, 1.165) is 0 Å². The summed E-state index contributed by atoms with van der Waals surface area (Å²) in [5, 5.41) is 21.6. The van der Waals surface area contributed by atoms with Gasteiger partial charge in [0.1, 0.15) is 11.5 Å². The van der Waals surface area contributed by atoms with Crippen molar-refractivity contribution in [1.29, 1.82) is 0 Å². The first-order valence-corrected chi connectivity index (χ1v) is 3.51. The Morgan fingerprint density at radius 2 is 2.17 bits per heavy atom. The van der Waals surface area contributed by atoms with E-state index in [1.54, 1.807) is 6.92 Å². The zero-order valence-corrected chi connectivity index (χ0v) is 6.73. The molecule has 0 radical (unpaired) electrons. The first kappa shape index (κ1) is 8.66. The SMILES string of the molecule is CC(O)Cn1nc(O)c(N)c1N. The Bertz CT molecular complexity index is 281. The highest BCUT2D eigenvalue weighted by Gasteiger charge is 2.12. The van der Waals surface area contributed by atoms with Gasteiger partial charge in [-0.15, -0.1) is 5.10 Å². The number of hydrogen-bond acceptors (Lipinski definition) is 5. The second kappa shape index (κ2) is 2.90. The molecular formula is C6H12N4O2. The Kier molecular flexibility index (Phi) is 2.09. The second-order valence-corrected chi connectivity index (χ2v) is 2.65. The predicted octanol–water partition coefficient (Wildman–Crippen LogP) is -0.866. The van der Waals surface area contributed by atoms with Crippen molar-refractivity contribution in [3.63, 3.8) is 0 Å².